The zero-order valence-electron chi connectivity index (χ0n) is 13.3. The molecule has 2 aromatic heterocycles. The smallest absolute Gasteiger partial charge is 0.417 e. The molecule has 0 aliphatic carbocycles. The number of benzene rings is 2. The van der Waals surface area contributed by atoms with Crippen LogP contribution in [-0.4, -0.2) is 26.7 Å². The Balaban J connectivity index is 2.04. The highest BCUT2D eigenvalue weighted by molar-refractivity contribution is 5.94. The fourth-order valence-electron chi connectivity index (χ4n) is 2.78. The molecule has 1 N–H and O–H groups in total. The molecule has 2 aromatic carbocycles. The molecule has 132 valence electrons. The van der Waals surface area contributed by atoms with Gasteiger partial charge in [-0.25, -0.2) is 9.78 Å². The van der Waals surface area contributed by atoms with Crippen LogP contribution in [0.1, 0.15) is 5.56 Å². The monoisotopic (exact) mass is 360 g/mol. The van der Waals surface area contributed by atoms with Gasteiger partial charge in [0.25, 0.3) is 0 Å². The Morgan fingerprint density at radius 3 is 2.50 bits per heavy atom. The number of rotatable bonds is 2. The predicted molar refractivity (Wildman–Crippen MR) is 88.1 cm³/mol. The van der Waals surface area contributed by atoms with E-state index < -0.39 is 17.4 Å². The number of aromatic nitrogens is 4. The molecule has 0 fully saturated rings. The molecule has 0 bridgehead atoms. The minimum atomic E-state index is -4.59. The lowest BCUT2D eigenvalue weighted by atomic mass is 10.1. The van der Waals surface area contributed by atoms with Crippen LogP contribution in [0.3, 0.4) is 0 Å². The first-order valence-corrected chi connectivity index (χ1v) is 7.52. The van der Waals surface area contributed by atoms with E-state index >= 15 is 0 Å². The van der Waals surface area contributed by atoms with Crippen LogP contribution in [0.25, 0.3) is 27.9 Å². The third kappa shape index (κ3) is 2.48. The van der Waals surface area contributed by atoms with Gasteiger partial charge in [-0.2, -0.15) is 17.7 Å². The molecule has 4 aromatic rings. The normalized spacial score (nSPS) is 12.0. The Hall–Kier alpha value is -3.36. The van der Waals surface area contributed by atoms with E-state index in [0.29, 0.717) is 11.3 Å². The fourth-order valence-corrected chi connectivity index (χ4v) is 2.78. The maximum absolute atomic E-state index is 13.4. The van der Waals surface area contributed by atoms with Crippen LogP contribution in [-0.2, 0) is 6.18 Å². The number of halogens is 3. The van der Waals surface area contributed by atoms with Crippen molar-refractivity contribution in [2.45, 2.75) is 6.18 Å². The Morgan fingerprint density at radius 2 is 1.85 bits per heavy atom. The van der Waals surface area contributed by atoms with Gasteiger partial charge < -0.3 is 9.72 Å². The largest absolute Gasteiger partial charge is 0.497 e. The Kier molecular flexibility index (Phi) is 3.46. The summed E-state index contributed by atoms with van der Waals surface area (Å²) in [6, 6.07) is 10.2. The number of H-pyrrole nitrogens is 1. The number of ether oxygens (including phenoxy) is 1. The number of hydrogen-bond acceptors (Lipinski definition) is 4. The van der Waals surface area contributed by atoms with Crippen molar-refractivity contribution in [3.63, 3.8) is 0 Å². The number of fused-ring (bicyclic) bond motifs is 3. The lowest BCUT2D eigenvalue weighted by Gasteiger charge is -2.10. The Morgan fingerprint density at radius 1 is 1.12 bits per heavy atom. The molecular formula is C17H11F3N4O2. The van der Waals surface area contributed by atoms with Crippen LogP contribution >= 0.6 is 0 Å². The average Bonchev–Trinajstić information content (AvgIpc) is 3.07. The fraction of sp³-hybridized carbons (Fsp3) is 0.118. The molecule has 6 nitrogen and oxygen atoms in total. The third-order valence-corrected chi connectivity index (χ3v) is 3.98. The highest BCUT2D eigenvalue weighted by Crippen LogP contribution is 2.35. The maximum atomic E-state index is 13.4. The summed E-state index contributed by atoms with van der Waals surface area (Å²) in [6.07, 6.45) is -4.59. The van der Waals surface area contributed by atoms with Gasteiger partial charge in [0, 0.05) is 5.56 Å². The number of nitrogens with one attached hydrogen (secondary N) is 1. The SMILES string of the molecule is COc1ccc(-c2nc3c4c(C(F)(F)F)cccc4[nH]c(=O)n3n2)cc1. The molecule has 0 atom stereocenters. The quantitative estimate of drug-likeness (QED) is 0.596. The topological polar surface area (TPSA) is 72.3 Å². The van der Waals surface area contributed by atoms with Crippen LogP contribution in [0.15, 0.2) is 47.3 Å². The van der Waals surface area contributed by atoms with E-state index in [2.05, 4.69) is 15.1 Å². The van der Waals surface area contributed by atoms with Crippen LogP contribution < -0.4 is 10.4 Å². The number of aromatic amines is 1. The number of hydrogen-bond donors (Lipinski definition) is 1. The molecule has 0 aliphatic rings. The van der Waals surface area contributed by atoms with Crippen molar-refractivity contribution in [3.05, 3.63) is 58.5 Å². The van der Waals surface area contributed by atoms with E-state index in [-0.39, 0.29) is 22.4 Å². The lowest BCUT2D eigenvalue weighted by Crippen LogP contribution is -2.19. The first kappa shape index (κ1) is 16.1. The molecule has 0 spiro atoms. The van der Waals surface area contributed by atoms with Crippen molar-refractivity contribution >= 4 is 16.6 Å². The second-order valence-corrected chi connectivity index (χ2v) is 5.56. The van der Waals surface area contributed by atoms with Gasteiger partial charge >= 0.3 is 11.9 Å². The molecule has 0 unspecified atom stereocenters. The summed E-state index contributed by atoms with van der Waals surface area (Å²) in [4.78, 5) is 18.8. The van der Waals surface area contributed by atoms with Crippen LogP contribution in [0.2, 0.25) is 0 Å². The van der Waals surface area contributed by atoms with Gasteiger partial charge in [0.1, 0.15) is 5.75 Å². The summed E-state index contributed by atoms with van der Waals surface area (Å²) in [5, 5.41) is 3.86. The predicted octanol–water partition coefficient (Wildman–Crippen LogP) is 3.27. The van der Waals surface area contributed by atoms with Crippen molar-refractivity contribution in [1.82, 2.24) is 19.6 Å². The first-order valence-electron chi connectivity index (χ1n) is 7.52. The standard InChI is InChI=1S/C17H11F3N4O2/c1-26-10-7-5-9(6-8-10)14-22-15-13-11(17(18,19)20)3-2-4-12(13)21-16(25)24(15)23-14/h2-8H,1H3,(H,21,25). The van der Waals surface area contributed by atoms with Gasteiger partial charge in [0.2, 0.25) is 0 Å². The van der Waals surface area contributed by atoms with Gasteiger partial charge in [-0.15, -0.1) is 5.10 Å². The number of nitrogens with zero attached hydrogens (tertiary/aromatic N) is 3. The van der Waals surface area contributed by atoms with Crippen LogP contribution in [0.5, 0.6) is 5.75 Å². The summed E-state index contributed by atoms with van der Waals surface area (Å²) in [5.41, 5.74) is -1.11. The molecule has 2 heterocycles. The van der Waals surface area contributed by atoms with Crippen molar-refractivity contribution < 1.29 is 17.9 Å². The third-order valence-electron chi connectivity index (χ3n) is 3.98. The molecule has 9 heteroatoms. The van der Waals surface area contributed by atoms with E-state index in [1.807, 2.05) is 0 Å². The van der Waals surface area contributed by atoms with Crippen LogP contribution in [0, 0.1) is 0 Å². The van der Waals surface area contributed by atoms with Gasteiger partial charge in [0.15, 0.2) is 11.5 Å². The van der Waals surface area contributed by atoms with Gasteiger partial charge in [0.05, 0.1) is 23.6 Å². The molecule has 4 rings (SSSR count). The average molecular weight is 360 g/mol. The highest BCUT2D eigenvalue weighted by atomic mass is 19.4. The van der Waals surface area contributed by atoms with Crippen molar-refractivity contribution in [2.24, 2.45) is 0 Å². The number of methoxy groups -OCH3 is 1. The molecule has 0 amide bonds. The molecule has 26 heavy (non-hydrogen) atoms. The number of alkyl halides is 3. The van der Waals surface area contributed by atoms with E-state index in [1.165, 1.54) is 19.2 Å². The van der Waals surface area contributed by atoms with E-state index in [0.717, 1.165) is 10.6 Å². The summed E-state index contributed by atoms with van der Waals surface area (Å²) in [5.74, 6) is 0.753. The summed E-state index contributed by atoms with van der Waals surface area (Å²) in [6.45, 7) is 0. The minimum Gasteiger partial charge on any atom is -0.497 e. The zero-order chi connectivity index (χ0) is 18.5. The summed E-state index contributed by atoms with van der Waals surface area (Å²) in [7, 11) is 1.52. The first-order chi connectivity index (χ1) is 12.4. The molecule has 0 radical (unpaired) electrons. The van der Waals surface area contributed by atoms with Gasteiger partial charge in [-0.05, 0) is 36.4 Å². The van der Waals surface area contributed by atoms with E-state index in [1.54, 1.807) is 24.3 Å². The molecule has 0 aliphatic heterocycles. The minimum absolute atomic E-state index is 0.0472. The summed E-state index contributed by atoms with van der Waals surface area (Å²) >= 11 is 0. The summed E-state index contributed by atoms with van der Waals surface area (Å²) < 4.78 is 46.1. The Bertz CT molecular complexity index is 1180. The van der Waals surface area contributed by atoms with Crippen LogP contribution in [0.4, 0.5) is 13.2 Å². The molecule has 0 saturated heterocycles. The lowest BCUT2D eigenvalue weighted by molar-refractivity contribution is -0.136. The maximum Gasteiger partial charge on any atom is 0.417 e. The zero-order valence-corrected chi connectivity index (χ0v) is 13.3. The molecular weight excluding hydrogens is 349 g/mol. The molecule has 0 saturated carbocycles. The van der Waals surface area contributed by atoms with Crippen molar-refractivity contribution in [2.75, 3.05) is 7.11 Å². The highest BCUT2D eigenvalue weighted by Gasteiger charge is 2.34. The van der Waals surface area contributed by atoms with Crippen molar-refractivity contribution in [1.29, 1.82) is 0 Å². The second kappa shape index (κ2) is 5.58. The van der Waals surface area contributed by atoms with E-state index in [4.69, 9.17) is 4.74 Å². The van der Waals surface area contributed by atoms with Gasteiger partial charge in [-0.3, -0.25) is 0 Å². The van der Waals surface area contributed by atoms with E-state index in [9.17, 15) is 18.0 Å². The van der Waals surface area contributed by atoms with Crippen molar-refractivity contribution in [3.8, 4) is 17.1 Å². The second-order valence-electron chi connectivity index (χ2n) is 5.56. The van der Waals surface area contributed by atoms with Gasteiger partial charge in [-0.1, -0.05) is 6.07 Å². The Labute approximate surface area is 143 Å².